The summed E-state index contributed by atoms with van der Waals surface area (Å²) in [6.45, 7) is 3.14. The van der Waals surface area contributed by atoms with Crippen molar-refractivity contribution in [2.75, 3.05) is 24.5 Å². The average Bonchev–Trinajstić information content (AvgIpc) is 2.93. The Morgan fingerprint density at radius 3 is 2.62 bits per heavy atom. The standard InChI is InChI=1S/C18H21N5O/c24-16-18(6-12-22(16)13-15-3-9-19-10-4-15)5-1-11-23(14-18)17-20-7-2-8-21-17/h2-4,7-10H,1,5-6,11-14H2/t18-/m1/s1. The third kappa shape index (κ3) is 2.72. The van der Waals surface area contributed by atoms with Crippen molar-refractivity contribution < 1.29 is 4.79 Å². The summed E-state index contributed by atoms with van der Waals surface area (Å²) in [4.78, 5) is 30.0. The fraction of sp³-hybridized carbons (Fsp3) is 0.444. The van der Waals surface area contributed by atoms with Crippen LogP contribution in [-0.2, 0) is 11.3 Å². The number of carbonyl (C=O) groups excluding carboxylic acids is 1. The summed E-state index contributed by atoms with van der Waals surface area (Å²) in [5.74, 6) is 1.01. The van der Waals surface area contributed by atoms with Crippen LogP contribution in [0.3, 0.4) is 0 Å². The lowest BCUT2D eigenvalue weighted by molar-refractivity contribution is -0.137. The van der Waals surface area contributed by atoms with Crippen LogP contribution in [0.2, 0.25) is 0 Å². The SMILES string of the molecule is O=C1N(Cc2ccncc2)CC[C@@]12CCCN(c1ncccn1)C2. The first-order chi connectivity index (χ1) is 11.8. The molecule has 6 heteroatoms. The van der Waals surface area contributed by atoms with E-state index < -0.39 is 0 Å². The van der Waals surface area contributed by atoms with E-state index in [-0.39, 0.29) is 11.3 Å². The smallest absolute Gasteiger partial charge is 0.230 e. The van der Waals surface area contributed by atoms with Crippen molar-refractivity contribution in [2.45, 2.75) is 25.8 Å². The van der Waals surface area contributed by atoms with Crippen molar-refractivity contribution in [3.63, 3.8) is 0 Å². The minimum Gasteiger partial charge on any atom is -0.340 e. The fourth-order valence-electron chi connectivity index (χ4n) is 3.89. The normalized spacial score (nSPS) is 23.9. The number of piperidine rings is 1. The molecule has 2 aromatic heterocycles. The molecule has 124 valence electrons. The second kappa shape index (κ2) is 6.19. The Morgan fingerprint density at radius 1 is 1.04 bits per heavy atom. The first-order valence-electron chi connectivity index (χ1n) is 8.47. The molecule has 0 aliphatic carbocycles. The van der Waals surface area contributed by atoms with Gasteiger partial charge in [-0.25, -0.2) is 9.97 Å². The molecule has 0 bridgehead atoms. The van der Waals surface area contributed by atoms with Crippen LogP contribution in [0.25, 0.3) is 0 Å². The molecular weight excluding hydrogens is 302 g/mol. The highest BCUT2D eigenvalue weighted by atomic mass is 16.2. The van der Waals surface area contributed by atoms with Crippen LogP contribution in [0, 0.1) is 5.41 Å². The quantitative estimate of drug-likeness (QED) is 0.863. The number of pyridine rings is 1. The summed E-state index contributed by atoms with van der Waals surface area (Å²) in [5, 5.41) is 0. The van der Waals surface area contributed by atoms with Gasteiger partial charge in [0.15, 0.2) is 0 Å². The molecule has 0 aromatic carbocycles. The van der Waals surface area contributed by atoms with Crippen molar-refractivity contribution in [1.82, 2.24) is 19.9 Å². The predicted octanol–water partition coefficient (Wildman–Crippen LogP) is 1.89. The highest BCUT2D eigenvalue weighted by molar-refractivity contribution is 5.85. The summed E-state index contributed by atoms with van der Waals surface area (Å²) in [6.07, 6.45) is 9.96. The van der Waals surface area contributed by atoms with Gasteiger partial charge in [0.1, 0.15) is 0 Å². The van der Waals surface area contributed by atoms with Crippen molar-refractivity contribution in [3.8, 4) is 0 Å². The molecule has 2 aliphatic heterocycles. The van der Waals surface area contributed by atoms with Gasteiger partial charge in [-0.2, -0.15) is 0 Å². The summed E-state index contributed by atoms with van der Waals surface area (Å²) < 4.78 is 0. The Labute approximate surface area is 141 Å². The van der Waals surface area contributed by atoms with E-state index >= 15 is 0 Å². The summed E-state index contributed by atoms with van der Waals surface area (Å²) in [5.41, 5.74) is 0.860. The minimum atomic E-state index is -0.273. The lowest BCUT2D eigenvalue weighted by atomic mass is 9.78. The number of hydrogen-bond donors (Lipinski definition) is 0. The summed E-state index contributed by atoms with van der Waals surface area (Å²) in [7, 11) is 0. The van der Waals surface area contributed by atoms with Gasteiger partial charge in [-0.15, -0.1) is 0 Å². The number of aromatic nitrogens is 3. The van der Waals surface area contributed by atoms with Gasteiger partial charge in [0.2, 0.25) is 11.9 Å². The van der Waals surface area contributed by atoms with Crippen molar-refractivity contribution in [2.24, 2.45) is 5.41 Å². The molecule has 6 nitrogen and oxygen atoms in total. The van der Waals surface area contributed by atoms with Gasteiger partial charge in [0.05, 0.1) is 5.41 Å². The molecule has 1 atom stereocenters. The third-order valence-electron chi connectivity index (χ3n) is 5.14. The number of anilines is 1. The maximum Gasteiger partial charge on any atom is 0.230 e. The summed E-state index contributed by atoms with van der Waals surface area (Å²) >= 11 is 0. The van der Waals surface area contributed by atoms with E-state index in [0.717, 1.165) is 50.4 Å². The zero-order chi connectivity index (χ0) is 16.4. The van der Waals surface area contributed by atoms with E-state index in [2.05, 4.69) is 19.9 Å². The molecule has 2 fully saturated rings. The van der Waals surface area contributed by atoms with Gasteiger partial charge in [-0.3, -0.25) is 9.78 Å². The van der Waals surface area contributed by atoms with Gasteiger partial charge in [-0.1, -0.05) is 0 Å². The summed E-state index contributed by atoms with van der Waals surface area (Å²) in [6, 6.07) is 5.77. The largest absolute Gasteiger partial charge is 0.340 e. The number of nitrogens with zero attached hydrogens (tertiary/aromatic N) is 5. The molecule has 1 amide bonds. The Bertz CT molecular complexity index is 708. The fourth-order valence-corrected chi connectivity index (χ4v) is 3.89. The van der Waals surface area contributed by atoms with Gasteiger partial charge in [0.25, 0.3) is 0 Å². The molecule has 4 heterocycles. The van der Waals surface area contributed by atoms with Gasteiger partial charge < -0.3 is 9.80 Å². The molecule has 0 radical (unpaired) electrons. The third-order valence-corrected chi connectivity index (χ3v) is 5.14. The molecule has 0 N–H and O–H groups in total. The molecule has 4 rings (SSSR count). The number of hydrogen-bond acceptors (Lipinski definition) is 5. The lowest BCUT2D eigenvalue weighted by Gasteiger charge is -2.39. The highest BCUT2D eigenvalue weighted by Crippen LogP contribution is 2.41. The van der Waals surface area contributed by atoms with Gasteiger partial charge in [0, 0.05) is 51.0 Å². The van der Waals surface area contributed by atoms with E-state index in [9.17, 15) is 4.79 Å². The topological polar surface area (TPSA) is 62.2 Å². The van der Waals surface area contributed by atoms with Crippen LogP contribution in [0.5, 0.6) is 0 Å². The second-order valence-corrected chi connectivity index (χ2v) is 6.69. The Kier molecular flexibility index (Phi) is 3.88. The van der Waals surface area contributed by atoms with Crippen molar-refractivity contribution in [1.29, 1.82) is 0 Å². The predicted molar refractivity (Wildman–Crippen MR) is 90.2 cm³/mol. The molecular formula is C18H21N5O. The van der Waals surface area contributed by atoms with Crippen molar-refractivity contribution >= 4 is 11.9 Å². The van der Waals surface area contributed by atoms with E-state index in [0.29, 0.717) is 6.54 Å². The first-order valence-corrected chi connectivity index (χ1v) is 8.47. The molecule has 2 saturated heterocycles. The average molecular weight is 323 g/mol. The molecule has 24 heavy (non-hydrogen) atoms. The molecule has 1 spiro atoms. The molecule has 2 aliphatic rings. The van der Waals surface area contributed by atoms with E-state index in [1.54, 1.807) is 24.8 Å². The van der Waals surface area contributed by atoms with Gasteiger partial charge >= 0.3 is 0 Å². The maximum absolute atomic E-state index is 13.1. The van der Waals surface area contributed by atoms with Crippen LogP contribution < -0.4 is 4.90 Å². The van der Waals surface area contributed by atoms with E-state index in [4.69, 9.17) is 0 Å². The number of amides is 1. The Hall–Kier alpha value is -2.50. The maximum atomic E-state index is 13.1. The number of carbonyl (C=O) groups is 1. The zero-order valence-corrected chi connectivity index (χ0v) is 13.6. The Morgan fingerprint density at radius 2 is 1.83 bits per heavy atom. The zero-order valence-electron chi connectivity index (χ0n) is 13.6. The lowest BCUT2D eigenvalue weighted by Crippen LogP contribution is -2.48. The molecule has 0 saturated carbocycles. The number of rotatable bonds is 3. The first kappa shape index (κ1) is 15.1. The van der Waals surface area contributed by atoms with Crippen LogP contribution in [-0.4, -0.2) is 45.4 Å². The number of likely N-dealkylation sites (tertiary alicyclic amines) is 1. The minimum absolute atomic E-state index is 0.273. The van der Waals surface area contributed by atoms with E-state index in [1.165, 1.54) is 0 Å². The van der Waals surface area contributed by atoms with Crippen LogP contribution in [0.1, 0.15) is 24.8 Å². The highest BCUT2D eigenvalue weighted by Gasteiger charge is 2.49. The van der Waals surface area contributed by atoms with Crippen LogP contribution in [0.15, 0.2) is 43.0 Å². The molecule has 0 unspecified atom stereocenters. The van der Waals surface area contributed by atoms with Crippen LogP contribution >= 0.6 is 0 Å². The van der Waals surface area contributed by atoms with Crippen LogP contribution in [0.4, 0.5) is 5.95 Å². The monoisotopic (exact) mass is 323 g/mol. The molecule has 2 aromatic rings. The van der Waals surface area contributed by atoms with Gasteiger partial charge in [-0.05, 0) is 43.0 Å². The van der Waals surface area contributed by atoms with Crippen molar-refractivity contribution in [3.05, 3.63) is 48.5 Å². The Balaban J connectivity index is 1.50. The second-order valence-electron chi connectivity index (χ2n) is 6.69. The van der Waals surface area contributed by atoms with E-state index in [1.807, 2.05) is 23.1 Å².